The van der Waals surface area contributed by atoms with Crippen LogP contribution in [0.1, 0.15) is 18.4 Å². The Morgan fingerprint density at radius 2 is 2.35 bits per heavy atom. The van der Waals surface area contributed by atoms with Gasteiger partial charge >= 0.3 is 5.69 Å². The third-order valence-electron chi connectivity index (χ3n) is 2.59. The molecule has 0 fully saturated rings. The van der Waals surface area contributed by atoms with E-state index in [9.17, 15) is 9.59 Å². The molecule has 0 aliphatic carbocycles. The van der Waals surface area contributed by atoms with Crippen LogP contribution in [-0.2, 0) is 7.05 Å². The zero-order valence-corrected chi connectivity index (χ0v) is 12.0. The highest BCUT2D eigenvalue weighted by Gasteiger charge is 2.10. The lowest BCUT2D eigenvalue weighted by Gasteiger charge is -2.08. The molecule has 0 unspecified atom stereocenters. The van der Waals surface area contributed by atoms with Crippen molar-refractivity contribution in [3.8, 4) is 0 Å². The van der Waals surface area contributed by atoms with E-state index >= 15 is 0 Å². The summed E-state index contributed by atoms with van der Waals surface area (Å²) in [6.07, 6.45) is 4.04. The molecule has 7 nitrogen and oxygen atoms in total. The first-order chi connectivity index (χ1) is 9.63. The van der Waals surface area contributed by atoms with Gasteiger partial charge in [0.15, 0.2) is 5.69 Å². The van der Waals surface area contributed by atoms with Gasteiger partial charge in [-0.2, -0.15) is 0 Å². The van der Waals surface area contributed by atoms with E-state index in [1.54, 1.807) is 6.20 Å². The SMILES string of the molecule is CCCNc1[nH]c(=O)n(C)c(=O)c1N=Cc1nccs1. The molecule has 0 saturated carbocycles. The van der Waals surface area contributed by atoms with Crippen LogP contribution in [0.25, 0.3) is 0 Å². The quantitative estimate of drug-likeness (QED) is 0.807. The third-order valence-corrected chi connectivity index (χ3v) is 3.30. The van der Waals surface area contributed by atoms with Gasteiger partial charge in [0.25, 0.3) is 5.56 Å². The summed E-state index contributed by atoms with van der Waals surface area (Å²) in [5.74, 6) is 0.341. The number of aliphatic imine (C=N–C) groups is 1. The first kappa shape index (κ1) is 14.2. The van der Waals surface area contributed by atoms with E-state index < -0.39 is 11.2 Å². The minimum atomic E-state index is -0.471. The molecule has 0 aliphatic rings. The maximum Gasteiger partial charge on any atom is 0.329 e. The van der Waals surface area contributed by atoms with Gasteiger partial charge in [0.2, 0.25) is 0 Å². The molecule has 0 aromatic carbocycles. The van der Waals surface area contributed by atoms with Crippen molar-refractivity contribution in [1.29, 1.82) is 0 Å². The Morgan fingerprint density at radius 1 is 1.55 bits per heavy atom. The molecule has 0 amide bonds. The lowest BCUT2D eigenvalue weighted by Crippen LogP contribution is -2.33. The second-order valence-corrected chi connectivity index (χ2v) is 5.00. The summed E-state index contributed by atoms with van der Waals surface area (Å²) >= 11 is 1.42. The van der Waals surface area contributed by atoms with Gasteiger partial charge in [-0.15, -0.1) is 11.3 Å². The van der Waals surface area contributed by atoms with Crippen LogP contribution in [0.15, 0.2) is 26.2 Å². The average Bonchev–Trinajstić information content (AvgIpc) is 2.95. The van der Waals surface area contributed by atoms with Crippen molar-refractivity contribution in [2.45, 2.75) is 13.3 Å². The number of H-pyrrole nitrogens is 1. The standard InChI is InChI=1S/C12H15N5O2S/c1-3-4-14-10-9(11(18)17(2)12(19)16-10)15-7-8-13-5-6-20-8/h5-7,14H,3-4H2,1-2H3,(H,16,19). The van der Waals surface area contributed by atoms with Gasteiger partial charge in [0.05, 0.1) is 6.21 Å². The second-order valence-electron chi connectivity index (χ2n) is 4.07. The Kier molecular flexibility index (Phi) is 4.46. The highest BCUT2D eigenvalue weighted by atomic mass is 32.1. The Bertz CT molecular complexity index is 714. The fourth-order valence-electron chi connectivity index (χ4n) is 1.52. The lowest BCUT2D eigenvalue weighted by molar-refractivity contribution is 0.776. The van der Waals surface area contributed by atoms with Gasteiger partial charge in [-0.25, -0.2) is 14.8 Å². The third kappa shape index (κ3) is 3.02. The maximum atomic E-state index is 12.1. The van der Waals surface area contributed by atoms with Crippen LogP contribution in [-0.4, -0.2) is 27.3 Å². The van der Waals surface area contributed by atoms with Crippen LogP contribution in [0.4, 0.5) is 11.5 Å². The number of nitrogens with one attached hydrogen (secondary N) is 2. The zero-order chi connectivity index (χ0) is 14.5. The van der Waals surface area contributed by atoms with Crippen LogP contribution < -0.4 is 16.6 Å². The van der Waals surface area contributed by atoms with Crippen LogP contribution in [0.5, 0.6) is 0 Å². The van der Waals surface area contributed by atoms with Crippen molar-refractivity contribution < 1.29 is 0 Å². The van der Waals surface area contributed by atoms with E-state index in [0.717, 1.165) is 11.0 Å². The van der Waals surface area contributed by atoms with E-state index in [1.807, 2.05) is 12.3 Å². The van der Waals surface area contributed by atoms with Gasteiger partial charge in [-0.1, -0.05) is 6.92 Å². The molecule has 0 radical (unpaired) electrons. The number of aromatic nitrogens is 3. The highest BCUT2D eigenvalue weighted by molar-refractivity contribution is 7.11. The molecule has 2 rings (SSSR count). The molecular weight excluding hydrogens is 278 g/mol. The molecule has 106 valence electrons. The molecular formula is C12H15N5O2S. The minimum Gasteiger partial charge on any atom is -0.370 e. The van der Waals surface area contributed by atoms with Crippen molar-refractivity contribution in [1.82, 2.24) is 14.5 Å². The first-order valence-corrected chi connectivity index (χ1v) is 7.02. The Morgan fingerprint density at radius 3 is 3.00 bits per heavy atom. The topological polar surface area (TPSA) is 92.1 Å². The zero-order valence-electron chi connectivity index (χ0n) is 11.2. The number of hydrogen-bond donors (Lipinski definition) is 2. The van der Waals surface area contributed by atoms with Crippen LogP contribution in [0, 0.1) is 0 Å². The summed E-state index contributed by atoms with van der Waals surface area (Å²) in [5.41, 5.74) is -0.738. The normalized spacial score (nSPS) is 11.1. The molecule has 8 heteroatoms. The molecule has 0 bridgehead atoms. The molecule has 0 atom stereocenters. The maximum absolute atomic E-state index is 12.1. The van der Waals surface area contributed by atoms with Crippen molar-refractivity contribution in [2.75, 3.05) is 11.9 Å². The predicted molar refractivity (Wildman–Crippen MR) is 80.5 cm³/mol. The van der Waals surface area contributed by atoms with Crippen molar-refractivity contribution in [3.05, 3.63) is 37.4 Å². The van der Waals surface area contributed by atoms with Crippen molar-refractivity contribution >= 4 is 29.1 Å². The molecule has 0 saturated heterocycles. The van der Waals surface area contributed by atoms with Crippen molar-refractivity contribution in [3.63, 3.8) is 0 Å². The van der Waals surface area contributed by atoms with Crippen LogP contribution in [0.3, 0.4) is 0 Å². The minimum absolute atomic E-state index is 0.177. The first-order valence-electron chi connectivity index (χ1n) is 6.14. The van der Waals surface area contributed by atoms with Crippen LogP contribution in [0.2, 0.25) is 0 Å². The summed E-state index contributed by atoms with van der Waals surface area (Å²) in [6.45, 7) is 2.63. The fourth-order valence-corrected chi connectivity index (χ4v) is 2.02. The van der Waals surface area contributed by atoms with E-state index in [2.05, 4.69) is 20.3 Å². The number of anilines is 1. The summed E-state index contributed by atoms with van der Waals surface area (Å²) < 4.78 is 0.992. The van der Waals surface area contributed by atoms with Gasteiger partial charge in [-0.3, -0.25) is 14.3 Å². The molecule has 2 aromatic rings. The smallest absolute Gasteiger partial charge is 0.329 e. The number of aromatic amines is 1. The average molecular weight is 293 g/mol. The van der Waals surface area contributed by atoms with Crippen molar-refractivity contribution in [2.24, 2.45) is 12.0 Å². The summed E-state index contributed by atoms with van der Waals surface area (Å²) in [6, 6.07) is 0. The largest absolute Gasteiger partial charge is 0.370 e. The highest BCUT2D eigenvalue weighted by Crippen LogP contribution is 2.15. The fraction of sp³-hybridized carbons (Fsp3) is 0.333. The Labute approximate surface area is 119 Å². The number of hydrogen-bond acceptors (Lipinski definition) is 6. The van der Waals surface area contributed by atoms with Gasteiger partial charge in [-0.05, 0) is 6.42 Å². The number of rotatable bonds is 5. The molecule has 2 heterocycles. The number of nitrogens with zero attached hydrogens (tertiary/aromatic N) is 3. The van der Waals surface area contributed by atoms with Crippen LogP contribution >= 0.6 is 11.3 Å². The summed E-state index contributed by atoms with van der Waals surface area (Å²) in [4.78, 5) is 34.6. The van der Waals surface area contributed by atoms with Gasteiger partial charge < -0.3 is 5.32 Å². The monoisotopic (exact) mass is 293 g/mol. The van der Waals surface area contributed by atoms with Gasteiger partial charge in [0, 0.05) is 25.2 Å². The lowest BCUT2D eigenvalue weighted by atomic mass is 10.4. The van der Waals surface area contributed by atoms with E-state index in [-0.39, 0.29) is 5.69 Å². The van der Waals surface area contributed by atoms with E-state index in [1.165, 1.54) is 24.6 Å². The molecule has 2 aromatic heterocycles. The van der Waals surface area contributed by atoms with E-state index in [4.69, 9.17) is 0 Å². The molecule has 0 aliphatic heterocycles. The Hall–Kier alpha value is -2.22. The number of thiazole rings is 1. The summed E-state index contributed by atoms with van der Waals surface area (Å²) in [5, 5.41) is 5.52. The molecule has 2 N–H and O–H groups in total. The Balaban J connectivity index is 2.46. The predicted octanol–water partition coefficient (Wildman–Crippen LogP) is 1.10. The van der Waals surface area contributed by atoms with Gasteiger partial charge in [0.1, 0.15) is 10.8 Å². The van der Waals surface area contributed by atoms with E-state index in [0.29, 0.717) is 17.4 Å². The second kappa shape index (κ2) is 6.29. The summed E-state index contributed by atoms with van der Waals surface area (Å²) in [7, 11) is 1.41. The molecule has 20 heavy (non-hydrogen) atoms. The molecule has 0 spiro atoms.